The van der Waals surface area contributed by atoms with Gasteiger partial charge in [-0.15, -0.1) is 6.58 Å². The van der Waals surface area contributed by atoms with Gasteiger partial charge >= 0.3 is 0 Å². The van der Waals surface area contributed by atoms with E-state index in [2.05, 4.69) is 142 Å². The summed E-state index contributed by atoms with van der Waals surface area (Å²) >= 11 is 0. The number of hydrogen-bond acceptors (Lipinski definition) is 0. The van der Waals surface area contributed by atoms with E-state index in [9.17, 15) is 0 Å². The van der Waals surface area contributed by atoms with Crippen molar-refractivity contribution in [3.05, 3.63) is 119 Å². The topological polar surface area (TPSA) is 0 Å². The van der Waals surface area contributed by atoms with E-state index >= 15 is 0 Å². The Morgan fingerprint density at radius 1 is 0.892 bits per heavy atom. The van der Waals surface area contributed by atoms with Crippen LogP contribution in [0.4, 0.5) is 0 Å². The minimum atomic E-state index is -0.209. The molecule has 0 fully saturated rings. The van der Waals surface area contributed by atoms with Crippen LogP contribution in [0.15, 0.2) is 96.6 Å². The number of aryl methyl sites for hydroxylation is 1. The van der Waals surface area contributed by atoms with E-state index < -0.39 is 0 Å². The second-order valence-corrected chi connectivity index (χ2v) is 12.7. The van der Waals surface area contributed by atoms with Crippen LogP contribution < -0.4 is 0 Å². The largest absolute Gasteiger partial charge is 0.100 e. The van der Waals surface area contributed by atoms with Gasteiger partial charge in [-0.05, 0) is 86.0 Å². The van der Waals surface area contributed by atoms with Crippen LogP contribution in [0.25, 0.3) is 0 Å². The third-order valence-electron chi connectivity index (χ3n) is 7.90. The lowest BCUT2D eigenvalue weighted by atomic mass is 9.65. The maximum atomic E-state index is 4.42. The van der Waals surface area contributed by atoms with E-state index in [4.69, 9.17) is 0 Å². The Labute approximate surface area is 229 Å². The molecule has 0 aliphatic rings. The summed E-state index contributed by atoms with van der Waals surface area (Å²) in [6.45, 7) is 29.3. The second-order valence-electron chi connectivity index (χ2n) is 12.7. The summed E-state index contributed by atoms with van der Waals surface area (Å²) in [7, 11) is 0. The molecule has 0 spiro atoms. The highest BCUT2D eigenvalue weighted by Gasteiger charge is 2.36. The van der Waals surface area contributed by atoms with E-state index in [1.54, 1.807) is 0 Å². The van der Waals surface area contributed by atoms with Gasteiger partial charge in [-0.25, -0.2) is 0 Å². The fraction of sp³-hybridized carbons (Fsp3) is 0.459. The van der Waals surface area contributed by atoms with Gasteiger partial charge in [0.1, 0.15) is 0 Å². The summed E-state index contributed by atoms with van der Waals surface area (Å²) in [6.07, 6.45) is 10.8. The highest BCUT2D eigenvalue weighted by molar-refractivity contribution is 5.49. The van der Waals surface area contributed by atoms with Gasteiger partial charge in [0.15, 0.2) is 0 Å². The molecule has 1 unspecified atom stereocenters. The second kappa shape index (κ2) is 13.3. The van der Waals surface area contributed by atoms with Crippen LogP contribution in [0.5, 0.6) is 0 Å². The molecule has 2 aromatic rings. The van der Waals surface area contributed by atoms with E-state index in [-0.39, 0.29) is 10.8 Å². The lowest BCUT2D eigenvalue weighted by Crippen LogP contribution is -2.32. The van der Waals surface area contributed by atoms with Gasteiger partial charge in [0.05, 0.1) is 0 Å². The summed E-state index contributed by atoms with van der Waals surface area (Å²) in [5, 5.41) is 0. The van der Waals surface area contributed by atoms with Crippen molar-refractivity contribution >= 4 is 0 Å². The molecular formula is C37H52. The van der Waals surface area contributed by atoms with Gasteiger partial charge in [-0.2, -0.15) is 0 Å². The molecule has 0 aromatic heterocycles. The van der Waals surface area contributed by atoms with Crippen molar-refractivity contribution in [3.8, 4) is 0 Å². The van der Waals surface area contributed by atoms with Gasteiger partial charge in [0, 0.05) is 5.41 Å². The van der Waals surface area contributed by atoms with Crippen LogP contribution >= 0.6 is 0 Å². The first-order valence-corrected chi connectivity index (χ1v) is 14.1. The Morgan fingerprint density at radius 3 is 2.08 bits per heavy atom. The molecule has 0 saturated heterocycles. The van der Waals surface area contributed by atoms with Gasteiger partial charge in [-0.1, -0.05) is 132 Å². The summed E-state index contributed by atoms with van der Waals surface area (Å²) < 4.78 is 0. The molecule has 0 heterocycles. The summed E-state index contributed by atoms with van der Waals surface area (Å²) in [5.41, 5.74) is 9.25. The summed E-state index contributed by atoms with van der Waals surface area (Å²) in [4.78, 5) is 0. The molecule has 2 rings (SSSR count). The molecule has 0 radical (unpaired) electrons. The molecule has 0 N–H and O–H groups in total. The van der Waals surface area contributed by atoms with Crippen molar-refractivity contribution in [3.63, 3.8) is 0 Å². The van der Waals surface area contributed by atoms with Gasteiger partial charge in [0.25, 0.3) is 0 Å². The average molecular weight is 497 g/mol. The molecule has 2 aromatic carbocycles. The highest BCUT2D eigenvalue weighted by atomic mass is 14.4. The van der Waals surface area contributed by atoms with Crippen LogP contribution in [0.1, 0.15) is 90.5 Å². The zero-order chi connectivity index (χ0) is 27.8. The molecular weight excluding hydrogens is 444 g/mol. The van der Waals surface area contributed by atoms with Gasteiger partial charge < -0.3 is 0 Å². The smallest absolute Gasteiger partial charge is 0.0276 e. The minimum absolute atomic E-state index is 0.209. The van der Waals surface area contributed by atoms with E-state index in [1.807, 2.05) is 0 Å². The fourth-order valence-electron chi connectivity index (χ4n) is 5.40. The number of rotatable bonds is 13. The molecule has 1 atom stereocenters. The minimum Gasteiger partial charge on any atom is -0.100 e. The quantitative estimate of drug-likeness (QED) is 0.191. The number of benzene rings is 2. The third-order valence-corrected chi connectivity index (χ3v) is 7.90. The lowest BCUT2D eigenvalue weighted by molar-refractivity contribution is 0.248. The van der Waals surface area contributed by atoms with E-state index in [0.29, 0.717) is 11.8 Å². The summed E-state index contributed by atoms with van der Waals surface area (Å²) in [6, 6.07) is 18.2. The van der Waals surface area contributed by atoms with Gasteiger partial charge in [-0.3, -0.25) is 0 Å². The maximum Gasteiger partial charge on any atom is 0.0276 e. The Kier molecular flexibility index (Phi) is 11.0. The SMILES string of the molecule is C=C(C)CC(Cc1ccccc1)(C(=CC)/C=C\C(=C)CC(C)C)c1cc(C)cc(CC(C)(C)C(C)C)c1. The predicted molar refractivity (Wildman–Crippen MR) is 166 cm³/mol. The average Bonchev–Trinajstić information content (AvgIpc) is 2.78. The Hall–Kier alpha value is -2.60. The molecule has 200 valence electrons. The fourth-order valence-corrected chi connectivity index (χ4v) is 5.40. The molecule has 0 aliphatic carbocycles. The van der Waals surface area contributed by atoms with Crippen molar-refractivity contribution < 1.29 is 0 Å². The monoisotopic (exact) mass is 496 g/mol. The van der Waals surface area contributed by atoms with Crippen molar-refractivity contribution in [2.45, 2.75) is 93.4 Å². The summed E-state index contributed by atoms with van der Waals surface area (Å²) in [5.74, 6) is 1.21. The number of allylic oxidation sites excluding steroid dienone is 6. The molecule has 0 heteroatoms. The van der Waals surface area contributed by atoms with E-state index in [1.165, 1.54) is 39.0 Å². The maximum absolute atomic E-state index is 4.42. The van der Waals surface area contributed by atoms with Crippen LogP contribution in [0.2, 0.25) is 0 Å². The molecule has 37 heavy (non-hydrogen) atoms. The van der Waals surface area contributed by atoms with Gasteiger partial charge in [0.2, 0.25) is 0 Å². The van der Waals surface area contributed by atoms with Crippen LogP contribution in [-0.4, -0.2) is 0 Å². The normalized spacial score (nSPS) is 14.4. The predicted octanol–water partition coefficient (Wildman–Crippen LogP) is 10.8. The molecule has 0 aliphatic heterocycles. The van der Waals surface area contributed by atoms with Crippen molar-refractivity contribution in [2.75, 3.05) is 0 Å². The van der Waals surface area contributed by atoms with Crippen LogP contribution in [0.3, 0.4) is 0 Å². The van der Waals surface area contributed by atoms with E-state index in [0.717, 1.165) is 25.7 Å². The first kappa shape index (κ1) is 30.6. The Morgan fingerprint density at radius 2 is 1.54 bits per heavy atom. The Bertz CT molecular complexity index is 1100. The first-order chi connectivity index (χ1) is 17.3. The molecule has 0 nitrogen and oxygen atoms in total. The molecule has 0 saturated carbocycles. The zero-order valence-corrected chi connectivity index (χ0v) is 25.2. The molecule has 0 bridgehead atoms. The first-order valence-electron chi connectivity index (χ1n) is 14.1. The molecule has 0 amide bonds. The van der Waals surface area contributed by atoms with Crippen molar-refractivity contribution in [1.29, 1.82) is 0 Å². The van der Waals surface area contributed by atoms with Crippen molar-refractivity contribution in [2.24, 2.45) is 17.3 Å². The zero-order valence-electron chi connectivity index (χ0n) is 25.2. The Balaban J connectivity index is 2.77. The highest BCUT2D eigenvalue weighted by Crippen LogP contribution is 2.43. The van der Waals surface area contributed by atoms with Crippen LogP contribution in [0, 0.1) is 24.2 Å². The third kappa shape index (κ3) is 8.74. The van der Waals surface area contributed by atoms with Crippen LogP contribution in [-0.2, 0) is 18.3 Å². The lowest BCUT2D eigenvalue weighted by Gasteiger charge is -2.38. The standard InChI is InChI=1S/C37H52/c1-12-34(19-18-30(8)20-27(2)3)37(24-28(4)5,26-32-16-14-13-15-17-32)35-22-31(9)21-33(23-35)25-36(10,11)29(6)7/h12-19,21-23,27,29H,4,8,20,24-26H2,1-3,5-7,9-11H3/b19-18-,34-12?. The van der Waals surface area contributed by atoms with Crippen molar-refractivity contribution in [1.82, 2.24) is 0 Å². The number of hydrogen-bond donors (Lipinski definition) is 0.